The van der Waals surface area contributed by atoms with E-state index in [1.165, 1.54) is 12.1 Å². The predicted molar refractivity (Wildman–Crippen MR) is 111 cm³/mol. The summed E-state index contributed by atoms with van der Waals surface area (Å²) in [5.74, 6) is -3.33. The van der Waals surface area contributed by atoms with Crippen LogP contribution in [0, 0.1) is 6.92 Å². The molecule has 0 aliphatic rings. The lowest BCUT2D eigenvalue weighted by atomic mass is 9.84. The second-order valence-corrected chi connectivity index (χ2v) is 8.63. The molecule has 3 aromatic rings. The van der Waals surface area contributed by atoms with Crippen LogP contribution in [0.2, 0.25) is 0 Å². The molecule has 33 heavy (non-hydrogen) atoms. The molecule has 2 N–H and O–H groups in total. The minimum Gasteiger partial charge on any atom is -0.484 e. The molecule has 3 rings (SSSR count). The maximum Gasteiger partial charge on any atom is 0.422 e. The molecule has 1 aromatic carbocycles. The van der Waals surface area contributed by atoms with Gasteiger partial charge in [-0.3, -0.25) is 0 Å². The van der Waals surface area contributed by atoms with Gasteiger partial charge in [-0.2, -0.15) is 13.2 Å². The average molecular weight is 474 g/mol. The zero-order valence-electron chi connectivity index (χ0n) is 18.3. The fourth-order valence-corrected chi connectivity index (χ4v) is 3.05. The van der Waals surface area contributed by atoms with Crippen LogP contribution >= 0.6 is 0 Å². The summed E-state index contributed by atoms with van der Waals surface area (Å²) in [6.45, 7) is 3.74. The second kappa shape index (κ2) is 8.73. The summed E-state index contributed by atoms with van der Waals surface area (Å²) in [5.41, 5.74) is 1.59. The number of pyridine rings is 1. The molecular weight excluding hydrogens is 451 g/mol. The van der Waals surface area contributed by atoms with E-state index in [9.17, 15) is 22.0 Å². The molecule has 0 amide bonds. The molecule has 2 aromatic heterocycles. The van der Waals surface area contributed by atoms with E-state index in [0.717, 1.165) is 0 Å². The number of nitrogens with one attached hydrogen (secondary N) is 1. The van der Waals surface area contributed by atoms with Crippen molar-refractivity contribution >= 4 is 16.9 Å². The smallest absolute Gasteiger partial charge is 0.422 e. The summed E-state index contributed by atoms with van der Waals surface area (Å²) in [6.07, 6.45) is -4.47. The van der Waals surface area contributed by atoms with Crippen LogP contribution in [0.25, 0.3) is 22.5 Å². The second-order valence-electron chi connectivity index (χ2n) is 8.63. The number of alkyl halides is 5. The fraction of sp³-hybridized carbons (Fsp3) is 0.476. The van der Waals surface area contributed by atoms with E-state index in [2.05, 4.69) is 20.5 Å². The Bertz CT molecular complexity index is 1140. The van der Waals surface area contributed by atoms with Crippen LogP contribution in [0.5, 0.6) is 5.75 Å². The molecule has 0 saturated heterocycles. The van der Waals surface area contributed by atoms with Gasteiger partial charge in [0, 0.05) is 5.39 Å². The van der Waals surface area contributed by atoms with Crippen molar-refractivity contribution in [3.05, 3.63) is 29.3 Å². The first kappa shape index (κ1) is 24.6. The predicted octanol–water partition coefficient (Wildman–Crippen LogP) is 4.87. The number of benzene rings is 1. The van der Waals surface area contributed by atoms with Gasteiger partial charge in [-0.1, -0.05) is 25.9 Å². The number of halogens is 5. The number of aliphatic hydroxyl groups excluding tert-OH is 1. The van der Waals surface area contributed by atoms with Crippen molar-refractivity contribution in [2.45, 2.75) is 45.2 Å². The monoisotopic (exact) mass is 474 g/mol. The number of aryl methyl sites for hydroxylation is 1. The van der Waals surface area contributed by atoms with Crippen LogP contribution in [0.3, 0.4) is 0 Å². The number of anilines is 1. The number of ether oxygens (including phenoxy) is 1. The van der Waals surface area contributed by atoms with Crippen molar-refractivity contribution in [3.8, 4) is 17.3 Å². The number of rotatable bonds is 7. The molecule has 0 atom stereocenters. The van der Waals surface area contributed by atoms with Gasteiger partial charge in [0.2, 0.25) is 0 Å². The lowest BCUT2D eigenvalue weighted by Crippen LogP contribution is -2.31. The third-order valence-electron chi connectivity index (χ3n) is 4.68. The minimum absolute atomic E-state index is 0.0351. The zero-order chi connectivity index (χ0) is 24.6. The van der Waals surface area contributed by atoms with E-state index >= 15 is 0 Å². The Morgan fingerprint density at radius 3 is 2.36 bits per heavy atom. The number of fused-ring (bicyclic) bond motifs is 1. The molecule has 2 heterocycles. The average Bonchev–Trinajstić information content (AvgIpc) is 3.18. The lowest BCUT2D eigenvalue weighted by molar-refractivity contribution is -0.153. The van der Waals surface area contributed by atoms with Crippen LogP contribution in [0.4, 0.5) is 28.0 Å². The molecule has 0 saturated carbocycles. The van der Waals surface area contributed by atoms with E-state index in [1.807, 2.05) is 20.8 Å². The van der Waals surface area contributed by atoms with Crippen molar-refractivity contribution in [2.24, 2.45) is 0 Å². The summed E-state index contributed by atoms with van der Waals surface area (Å²) in [6, 6.07) is 4.33. The zero-order valence-corrected chi connectivity index (χ0v) is 18.3. The molecule has 0 aliphatic heterocycles. The van der Waals surface area contributed by atoms with E-state index in [1.54, 1.807) is 13.0 Å². The van der Waals surface area contributed by atoms with E-state index in [-0.39, 0.29) is 23.3 Å². The van der Waals surface area contributed by atoms with Gasteiger partial charge in [-0.05, 0) is 41.7 Å². The first-order valence-electron chi connectivity index (χ1n) is 9.90. The number of hydrogen-bond acceptors (Lipinski definition) is 7. The summed E-state index contributed by atoms with van der Waals surface area (Å²) >= 11 is 0. The van der Waals surface area contributed by atoms with Gasteiger partial charge in [0.1, 0.15) is 18.1 Å². The van der Waals surface area contributed by atoms with Crippen molar-refractivity contribution in [2.75, 3.05) is 25.1 Å². The van der Waals surface area contributed by atoms with Gasteiger partial charge in [-0.15, -0.1) is 5.10 Å². The summed E-state index contributed by atoms with van der Waals surface area (Å²) in [7, 11) is 0. The van der Waals surface area contributed by atoms with Crippen molar-refractivity contribution < 1.29 is 36.2 Å². The van der Waals surface area contributed by atoms with Gasteiger partial charge < -0.3 is 19.6 Å². The van der Waals surface area contributed by atoms with Crippen LogP contribution in [0.15, 0.2) is 22.6 Å². The lowest BCUT2D eigenvalue weighted by Gasteiger charge is -2.23. The van der Waals surface area contributed by atoms with E-state index in [0.29, 0.717) is 22.0 Å². The maximum atomic E-state index is 13.2. The SMILES string of the molecule is Cc1cc(-c2nnc(NCC(F)(F)CO)o2)nc2c(C(C)(C)C)cc(OCC(F)(F)F)cc12. The Hall–Kier alpha value is -3.02. The van der Waals surface area contributed by atoms with Gasteiger partial charge in [0.15, 0.2) is 6.61 Å². The summed E-state index contributed by atoms with van der Waals surface area (Å²) in [4.78, 5) is 4.57. The van der Waals surface area contributed by atoms with Crippen LogP contribution < -0.4 is 10.1 Å². The van der Waals surface area contributed by atoms with E-state index in [4.69, 9.17) is 14.3 Å². The normalized spacial score (nSPS) is 12.9. The largest absolute Gasteiger partial charge is 0.484 e. The van der Waals surface area contributed by atoms with Crippen LogP contribution in [-0.4, -0.2) is 52.1 Å². The fourth-order valence-electron chi connectivity index (χ4n) is 3.05. The Morgan fingerprint density at radius 2 is 1.76 bits per heavy atom. The quantitative estimate of drug-likeness (QED) is 0.472. The molecule has 180 valence electrons. The number of aromatic nitrogens is 3. The molecule has 0 bridgehead atoms. The molecule has 0 radical (unpaired) electrons. The number of nitrogens with zero attached hydrogens (tertiary/aromatic N) is 3. The Morgan fingerprint density at radius 1 is 1.06 bits per heavy atom. The van der Waals surface area contributed by atoms with Crippen LogP contribution in [0.1, 0.15) is 31.9 Å². The van der Waals surface area contributed by atoms with Gasteiger partial charge in [0.25, 0.3) is 11.8 Å². The topological polar surface area (TPSA) is 93.3 Å². The van der Waals surface area contributed by atoms with Crippen molar-refractivity contribution in [3.63, 3.8) is 0 Å². The molecular formula is C21H23F5N4O3. The molecule has 12 heteroatoms. The molecule has 7 nitrogen and oxygen atoms in total. The first-order valence-corrected chi connectivity index (χ1v) is 9.90. The Labute approximate surface area is 186 Å². The number of hydrogen-bond donors (Lipinski definition) is 2. The van der Waals surface area contributed by atoms with Crippen molar-refractivity contribution in [1.82, 2.24) is 15.2 Å². The first-order chi connectivity index (χ1) is 15.2. The van der Waals surface area contributed by atoms with Gasteiger partial charge in [-0.25, -0.2) is 13.8 Å². The van der Waals surface area contributed by atoms with Crippen LogP contribution in [-0.2, 0) is 5.41 Å². The van der Waals surface area contributed by atoms with Gasteiger partial charge in [0.05, 0.1) is 12.1 Å². The van der Waals surface area contributed by atoms with E-state index < -0.39 is 37.3 Å². The van der Waals surface area contributed by atoms with Gasteiger partial charge >= 0.3 is 12.2 Å². The summed E-state index contributed by atoms with van der Waals surface area (Å²) in [5, 5.41) is 19.0. The molecule has 0 fully saturated rings. The highest BCUT2D eigenvalue weighted by Crippen LogP contribution is 2.36. The standard InChI is InChI=1S/C21H23F5N4O3/c1-11-5-15(17-29-30-18(33-17)27-8-20(22,23)9-31)28-16-13(11)6-12(32-10-21(24,25)26)7-14(16)19(2,3)4/h5-7,31H,8-10H2,1-4H3,(H,27,30). The summed E-state index contributed by atoms with van der Waals surface area (Å²) < 4.78 is 74.7. The third kappa shape index (κ3) is 6.06. The third-order valence-corrected chi connectivity index (χ3v) is 4.68. The highest BCUT2D eigenvalue weighted by Gasteiger charge is 2.30. The minimum atomic E-state index is -4.47. The molecule has 0 unspecified atom stereocenters. The maximum absolute atomic E-state index is 13.2. The highest BCUT2D eigenvalue weighted by molar-refractivity contribution is 5.89. The highest BCUT2D eigenvalue weighted by atomic mass is 19.4. The molecule has 0 aliphatic carbocycles. The number of aliphatic hydroxyl groups is 1. The van der Waals surface area contributed by atoms with Crippen molar-refractivity contribution in [1.29, 1.82) is 0 Å². The molecule has 0 spiro atoms. The Kier molecular flexibility index (Phi) is 6.51. The Balaban J connectivity index is 2.01.